The number of amides is 1. The number of carbonyl (C=O) groups excluding carboxylic acids is 1. The van der Waals surface area contributed by atoms with Crippen molar-refractivity contribution in [2.45, 2.75) is 56.4 Å². The van der Waals surface area contributed by atoms with Crippen LogP contribution in [-0.4, -0.2) is 27.5 Å². The van der Waals surface area contributed by atoms with Gasteiger partial charge in [0.25, 0.3) is 5.91 Å². The zero-order valence-corrected chi connectivity index (χ0v) is 17.7. The fourth-order valence-corrected chi connectivity index (χ4v) is 5.10. The first kappa shape index (κ1) is 21.3. The van der Waals surface area contributed by atoms with Crippen molar-refractivity contribution in [2.75, 3.05) is 12.4 Å². The van der Waals surface area contributed by atoms with E-state index in [0.29, 0.717) is 5.69 Å². The quantitative estimate of drug-likeness (QED) is 0.678. The van der Waals surface area contributed by atoms with Crippen molar-refractivity contribution in [2.24, 2.45) is 0 Å². The topological polar surface area (TPSA) is 84.5 Å². The summed E-state index contributed by atoms with van der Waals surface area (Å²) in [6.07, 6.45) is 5.74. The molecule has 3 rings (SSSR count). The summed E-state index contributed by atoms with van der Waals surface area (Å²) in [6, 6.07) is 12.1. The number of anilines is 1. The molecule has 7 heteroatoms. The normalized spacial score (nSPS) is 14.7. The number of sulfonamides is 1. The molecule has 0 aromatic heterocycles. The predicted molar refractivity (Wildman–Crippen MR) is 114 cm³/mol. The Kier molecular flexibility index (Phi) is 6.92. The summed E-state index contributed by atoms with van der Waals surface area (Å²) in [5, 5.41) is 2.82. The van der Waals surface area contributed by atoms with Crippen molar-refractivity contribution in [3.8, 4) is 5.75 Å². The minimum absolute atomic E-state index is 0.0159. The van der Waals surface area contributed by atoms with Crippen LogP contribution in [0.2, 0.25) is 0 Å². The molecule has 0 spiro atoms. The van der Waals surface area contributed by atoms with E-state index in [9.17, 15) is 13.2 Å². The van der Waals surface area contributed by atoms with Gasteiger partial charge in [-0.3, -0.25) is 4.79 Å². The maximum absolute atomic E-state index is 12.9. The number of methoxy groups -OCH3 is 1. The standard InChI is InChI=1S/C22H28N2O4S/c1-3-6-16-9-12-18(13-10-16)23-22(25)17-11-14-20(28-2)21(15-17)29(26,27)24-19-7-4-5-8-19/h9-15,19,24H,3-8H2,1-2H3,(H,23,25). The first-order chi connectivity index (χ1) is 13.9. The maximum Gasteiger partial charge on any atom is 0.255 e. The molecule has 1 aliphatic rings. The Morgan fingerprint density at radius 2 is 1.79 bits per heavy atom. The summed E-state index contributed by atoms with van der Waals surface area (Å²) in [5.74, 6) is -0.149. The van der Waals surface area contributed by atoms with Gasteiger partial charge in [-0.25, -0.2) is 13.1 Å². The summed E-state index contributed by atoms with van der Waals surface area (Å²) in [5.41, 5.74) is 2.13. The van der Waals surface area contributed by atoms with Crippen LogP contribution in [0.25, 0.3) is 0 Å². The van der Waals surface area contributed by atoms with Gasteiger partial charge in [0.1, 0.15) is 10.6 Å². The third kappa shape index (κ3) is 5.36. The van der Waals surface area contributed by atoms with Crippen LogP contribution >= 0.6 is 0 Å². The summed E-state index contributed by atoms with van der Waals surface area (Å²) in [7, 11) is -2.36. The first-order valence-electron chi connectivity index (χ1n) is 10.0. The molecule has 2 aromatic carbocycles. The Hall–Kier alpha value is -2.38. The molecule has 0 unspecified atom stereocenters. The van der Waals surface area contributed by atoms with Gasteiger partial charge in [-0.1, -0.05) is 38.3 Å². The van der Waals surface area contributed by atoms with Gasteiger partial charge in [0.15, 0.2) is 0 Å². The first-order valence-corrected chi connectivity index (χ1v) is 11.5. The van der Waals surface area contributed by atoms with Crippen molar-refractivity contribution in [1.29, 1.82) is 0 Å². The molecule has 1 aliphatic carbocycles. The second-order valence-corrected chi connectivity index (χ2v) is 9.05. The molecule has 0 aliphatic heterocycles. The number of benzene rings is 2. The Bertz CT molecular complexity index is 949. The fraction of sp³-hybridized carbons (Fsp3) is 0.409. The molecule has 156 valence electrons. The molecule has 29 heavy (non-hydrogen) atoms. The number of aryl methyl sites for hydroxylation is 1. The molecule has 0 saturated heterocycles. The number of carbonyl (C=O) groups is 1. The third-order valence-electron chi connectivity index (χ3n) is 5.14. The van der Waals surface area contributed by atoms with E-state index in [2.05, 4.69) is 17.0 Å². The van der Waals surface area contributed by atoms with Crippen molar-refractivity contribution < 1.29 is 17.9 Å². The molecule has 2 N–H and O–H groups in total. The number of hydrogen-bond acceptors (Lipinski definition) is 4. The van der Waals surface area contributed by atoms with Crippen LogP contribution in [0.4, 0.5) is 5.69 Å². The smallest absolute Gasteiger partial charge is 0.255 e. The van der Waals surface area contributed by atoms with E-state index in [1.165, 1.54) is 24.8 Å². The molecule has 1 saturated carbocycles. The van der Waals surface area contributed by atoms with Gasteiger partial charge in [0.2, 0.25) is 10.0 Å². The van der Waals surface area contributed by atoms with E-state index >= 15 is 0 Å². The van der Waals surface area contributed by atoms with E-state index in [4.69, 9.17) is 4.74 Å². The van der Waals surface area contributed by atoms with Crippen molar-refractivity contribution >= 4 is 21.6 Å². The lowest BCUT2D eigenvalue weighted by Crippen LogP contribution is -2.33. The molecule has 0 bridgehead atoms. The highest BCUT2D eigenvalue weighted by Crippen LogP contribution is 2.27. The fourth-order valence-electron chi connectivity index (χ4n) is 3.60. The molecular formula is C22H28N2O4S. The van der Waals surface area contributed by atoms with Crippen LogP contribution in [0.5, 0.6) is 5.75 Å². The van der Waals surface area contributed by atoms with Crippen LogP contribution in [0, 0.1) is 0 Å². The van der Waals surface area contributed by atoms with Gasteiger partial charge < -0.3 is 10.1 Å². The third-order valence-corrected chi connectivity index (χ3v) is 6.68. The van der Waals surface area contributed by atoms with E-state index in [1.54, 1.807) is 6.07 Å². The Morgan fingerprint density at radius 1 is 1.10 bits per heavy atom. The van der Waals surface area contributed by atoms with E-state index in [-0.39, 0.29) is 28.2 Å². The zero-order chi connectivity index (χ0) is 20.9. The van der Waals surface area contributed by atoms with Crippen molar-refractivity contribution in [3.05, 3.63) is 53.6 Å². The number of nitrogens with one attached hydrogen (secondary N) is 2. The average molecular weight is 417 g/mol. The van der Waals surface area contributed by atoms with Crippen molar-refractivity contribution in [3.63, 3.8) is 0 Å². The highest BCUT2D eigenvalue weighted by molar-refractivity contribution is 7.89. The van der Waals surface area contributed by atoms with Gasteiger partial charge >= 0.3 is 0 Å². The molecule has 2 aromatic rings. The predicted octanol–water partition coefficient (Wildman–Crippen LogP) is 4.12. The van der Waals surface area contributed by atoms with Gasteiger partial charge in [-0.2, -0.15) is 0 Å². The van der Waals surface area contributed by atoms with E-state index in [0.717, 1.165) is 38.5 Å². The van der Waals surface area contributed by atoms with E-state index < -0.39 is 10.0 Å². The van der Waals surface area contributed by atoms with E-state index in [1.807, 2.05) is 24.3 Å². The molecular weight excluding hydrogens is 388 g/mol. The lowest BCUT2D eigenvalue weighted by atomic mass is 10.1. The molecule has 0 atom stereocenters. The van der Waals surface area contributed by atoms with Crippen LogP contribution in [0.15, 0.2) is 47.4 Å². The average Bonchev–Trinajstić information content (AvgIpc) is 3.21. The monoisotopic (exact) mass is 416 g/mol. The van der Waals surface area contributed by atoms with Gasteiger partial charge in [0.05, 0.1) is 7.11 Å². The van der Waals surface area contributed by atoms with Gasteiger partial charge in [-0.05, 0) is 55.2 Å². The summed E-state index contributed by atoms with van der Waals surface area (Å²) in [4.78, 5) is 12.7. The zero-order valence-electron chi connectivity index (χ0n) is 16.9. The number of ether oxygens (including phenoxy) is 1. The minimum atomic E-state index is -3.78. The number of rotatable bonds is 8. The lowest BCUT2D eigenvalue weighted by molar-refractivity contribution is 0.102. The SMILES string of the molecule is CCCc1ccc(NC(=O)c2ccc(OC)c(S(=O)(=O)NC3CCCC3)c2)cc1. The summed E-state index contributed by atoms with van der Waals surface area (Å²) < 4.78 is 33.7. The second kappa shape index (κ2) is 9.41. The van der Waals surface area contributed by atoms with Crippen molar-refractivity contribution in [1.82, 2.24) is 4.72 Å². The maximum atomic E-state index is 12.9. The Labute approximate surface area is 172 Å². The molecule has 1 fully saturated rings. The molecule has 6 nitrogen and oxygen atoms in total. The van der Waals surface area contributed by atoms with Gasteiger partial charge in [-0.15, -0.1) is 0 Å². The second-order valence-electron chi connectivity index (χ2n) is 7.37. The summed E-state index contributed by atoms with van der Waals surface area (Å²) in [6.45, 7) is 2.12. The molecule has 0 radical (unpaired) electrons. The lowest BCUT2D eigenvalue weighted by Gasteiger charge is -2.16. The van der Waals surface area contributed by atoms with Crippen LogP contribution in [-0.2, 0) is 16.4 Å². The summed E-state index contributed by atoms with van der Waals surface area (Å²) >= 11 is 0. The Morgan fingerprint density at radius 3 is 2.41 bits per heavy atom. The van der Waals surface area contributed by atoms with Crippen LogP contribution in [0.1, 0.15) is 54.9 Å². The van der Waals surface area contributed by atoms with Crippen LogP contribution < -0.4 is 14.8 Å². The largest absolute Gasteiger partial charge is 0.495 e. The highest BCUT2D eigenvalue weighted by Gasteiger charge is 2.26. The van der Waals surface area contributed by atoms with Crippen LogP contribution in [0.3, 0.4) is 0 Å². The number of hydrogen-bond donors (Lipinski definition) is 2. The Balaban J connectivity index is 1.80. The van der Waals surface area contributed by atoms with Gasteiger partial charge in [0, 0.05) is 17.3 Å². The minimum Gasteiger partial charge on any atom is -0.495 e. The molecule has 0 heterocycles. The molecule has 1 amide bonds. The highest BCUT2D eigenvalue weighted by atomic mass is 32.2.